The zero-order chi connectivity index (χ0) is 12.1. The van der Waals surface area contributed by atoms with E-state index >= 15 is 0 Å². The minimum absolute atomic E-state index is 0.0117. The summed E-state index contributed by atoms with van der Waals surface area (Å²) in [5.41, 5.74) is 0.781. The Morgan fingerprint density at radius 1 is 1.35 bits per heavy atom. The summed E-state index contributed by atoms with van der Waals surface area (Å²) in [5, 5.41) is 9.20. The topological polar surface area (TPSA) is 62.4 Å². The van der Waals surface area contributed by atoms with Crippen LogP contribution in [-0.2, 0) is 4.79 Å². The predicted molar refractivity (Wildman–Crippen MR) is 66.3 cm³/mol. The van der Waals surface area contributed by atoms with E-state index in [4.69, 9.17) is 4.74 Å². The van der Waals surface area contributed by atoms with Crippen molar-refractivity contribution >= 4 is 11.6 Å². The van der Waals surface area contributed by atoms with Gasteiger partial charge in [-0.25, -0.2) is 0 Å². The van der Waals surface area contributed by atoms with Crippen molar-refractivity contribution in [1.82, 2.24) is 10.6 Å². The summed E-state index contributed by atoms with van der Waals surface area (Å²) in [6.45, 7) is 2.40. The van der Waals surface area contributed by atoms with Crippen LogP contribution in [0, 0.1) is 0 Å². The second kappa shape index (κ2) is 5.65. The fourth-order valence-electron chi connectivity index (χ4n) is 1.74. The lowest BCUT2D eigenvalue weighted by atomic mass is 10.2. The van der Waals surface area contributed by atoms with E-state index in [1.165, 1.54) is 0 Å². The molecule has 17 heavy (non-hydrogen) atoms. The lowest BCUT2D eigenvalue weighted by Crippen LogP contribution is -2.54. The van der Waals surface area contributed by atoms with Crippen LogP contribution in [0.15, 0.2) is 24.3 Å². The average Bonchev–Trinajstić information content (AvgIpc) is 2.40. The van der Waals surface area contributed by atoms with Gasteiger partial charge in [-0.2, -0.15) is 0 Å². The van der Waals surface area contributed by atoms with E-state index in [2.05, 4.69) is 16.0 Å². The number of carbonyl (C=O) groups is 1. The summed E-state index contributed by atoms with van der Waals surface area (Å²) in [5.74, 6) is 0.767. The van der Waals surface area contributed by atoms with Gasteiger partial charge in [0.25, 0.3) is 0 Å². The molecule has 1 aromatic rings. The van der Waals surface area contributed by atoms with Crippen molar-refractivity contribution in [2.75, 3.05) is 32.1 Å². The van der Waals surface area contributed by atoms with Crippen LogP contribution in [-0.4, -0.2) is 38.7 Å². The molecule has 1 heterocycles. The molecule has 1 atom stereocenters. The highest BCUT2D eigenvalue weighted by Crippen LogP contribution is 2.15. The van der Waals surface area contributed by atoms with Gasteiger partial charge in [-0.05, 0) is 24.3 Å². The van der Waals surface area contributed by atoms with Crippen LogP contribution >= 0.6 is 0 Å². The Bertz CT molecular complexity index is 372. The molecule has 1 aromatic carbocycles. The smallest absolute Gasteiger partial charge is 0.242 e. The number of nitrogens with one attached hydrogen (secondary N) is 3. The highest BCUT2D eigenvalue weighted by Gasteiger charge is 2.19. The number of methoxy groups -OCH3 is 1. The SMILES string of the molecule is COc1ccc(NC(=O)C2CNCCN2)cc1. The van der Waals surface area contributed by atoms with Crippen molar-refractivity contribution in [2.24, 2.45) is 0 Å². The van der Waals surface area contributed by atoms with Crippen LogP contribution in [0.25, 0.3) is 0 Å². The lowest BCUT2D eigenvalue weighted by molar-refractivity contribution is -0.118. The molecule has 2 rings (SSSR count). The van der Waals surface area contributed by atoms with Gasteiger partial charge >= 0.3 is 0 Å². The molecular weight excluding hydrogens is 218 g/mol. The molecule has 1 fully saturated rings. The molecule has 92 valence electrons. The maximum atomic E-state index is 11.9. The molecular formula is C12H17N3O2. The largest absolute Gasteiger partial charge is 0.497 e. The normalized spacial score (nSPS) is 19.7. The third-order valence-electron chi connectivity index (χ3n) is 2.72. The zero-order valence-corrected chi connectivity index (χ0v) is 9.82. The first kappa shape index (κ1) is 11.9. The van der Waals surface area contributed by atoms with E-state index in [1.807, 2.05) is 24.3 Å². The summed E-state index contributed by atoms with van der Waals surface area (Å²) in [4.78, 5) is 11.9. The van der Waals surface area contributed by atoms with Gasteiger partial charge in [-0.1, -0.05) is 0 Å². The molecule has 1 saturated heterocycles. The number of carbonyl (C=O) groups excluding carboxylic acids is 1. The molecule has 0 saturated carbocycles. The Hall–Kier alpha value is -1.59. The zero-order valence-electron chi connectivity index (χ0n) is 9.82. The number of hydrogen-bond acceptors (Lipinski definition) is 4. The fourth-order valence-corrected chi connectivity index (χ4v) is 1.74. The van der Waals surface area contributed by atoms with E-state index in [9.17, 15) is 4.79 Å². The van der Waals surface area contributed by atoms with Crippen LogP contribution in [0.3, 0.4) is 0 Å². The van der Waals surface area contributed by atoms with Gasteiger partial charge in [0.2, 0.25) is 5.91 Å². The quantitative estimate of drug-likeness (QED) is 0.700. The number of rotatable bonds is 3. The van der Waals surface area contributed by atoms with Gasteiger partial charge in [-0.15, -0.1) is 0 Å². The molecule has 3 N–H and O–H groups in total. The van der Waals surface area contributed by atoms with Crippen molar-refractivity contribution in [3.05, 3.63) is 24.3 Å². The maximum Gasteiger partial charge on any atom is 0.242 e. The van der Waals surface area contributed by atoms with Crippen molar-refractivity contribution in [2.45, 2.75) is 6.04 Å². The number of hydrogen-bond donors (Lipinski definition) is 3. The summed E-state index contributed by atoms with van der Waals surface area (Å²) in [6, 6.07) is 7.13. The van der Waals surface area contributed by atoms with E-state index in [-0.39, 0.29) is 11.9 Å². The van der Waals surface area contributed by atoms with Gasteiger partial charge < -0.3 is 20.7 Å². The summed E-state index contributed by atoms with van der Waals surface area (Å²) in [7, 11) is 1.62. The molecule has 0 bridgehead atoms. The molecule has 0 aromatic heterocycles. The number of benzene rings is 1. The first-order valence-electron chi connectivity index (χ1n) is 5.68. The Kier molecular flexibility index (Phi) is 3.95. The minimum atomic E-state index is -0.161. The molecule has 0 aliphatic carbocycles. The van der Waals surface area contributed by atoms with Crippen LogP contribution in [0.5, 0.6) is 5.75 Å². The summed E-state index contributed by atoms with van der Waals surface area (Å²) < 4.78 is 5.06. The molecule has 1 unspecified atom stereocenters. The summed E-state index contributed by atoms with van der Waals surface area (Å²) >= 11 is 0. The van der Waals surface area contributed by atoms with Crippen LogP contribution in [0.2, 0.25) is 0 Å². The molecule has 1 aliphatic heterocycles. The van der Waals surface area contributed by atoms with Gasteiger partial charge in [0.15, 0.2) is 0 Å². The number of ether oxygens (including phenoxy) is 1. The van der Waals surface area contributed by atoms with Gasteiger partial charge in [0.1, 0.15) is 5.75 Å². The molecule has 1 aliphatic rings. The number of amides is 1. The molecule has 5 nitrogen and oxygen atoms in total. The van der Waals surface area contributed by atoms with E-state index in [1.54, 1.807) is 7.11 Å². The first-order chi connectivity index (χ1) is 8.29. The number of anilines is 1. The Morgan fingerprint density at radius 3 is 2.71 bits per heavy atom. The summed E-state index contributed by atoms with van der Waals surface area (Å²) in [6.07, 6.45) is 0. The monoisotopic (exact) mass is 235 g/mol. The van der Waals surface area contributed by atoms with Crippen molar-refractivity contribution in [3.8, 4) is 5.75 Å². The van der Waals surface area contributed by atoms with E-state index in [0.717, 1.165) is 24.5 Å². The Labute approximate surface area is 101 Å². The van der Waals surface area contributed by atoms with Crippen LogP contribution < -0.4 is 20.7 Å². The molecule has 1 amide bonds. The standard InChI is InChI=1S/C12H17N3O2/c1-17-10-4-2-9(3-5-10)15-12(16)11-8-13-6-7-14-11/h2-5,11,13-14H,6-8H2,1H3,(H,15,16). The predicted octanol–water partition coefficient (Wildman–Crippen LogP) is 0.195. The molecule has 0 spiro atoms. The lowest BCUT2D eigenvalue weighted by Gasteiger charge is -2.23. The van der Waals surface area contributed by atoms with E-state index in [0.29, 0.717) is 6.54 Å². The Balaban J connectivity index is 1.92. The highest BCUT2D eigenvalue weighted by atomic mass is 16.5. The van der Waals surface area contributed by atoms with Crippen molar-refractivity contribution in [3.63, 3.8) is 0 Å². The van der Waals surface area contributed by atoms with Crippen LogP contribution in [0.4, 0.5) is 5.69 Å². The highest BCUT2D eigenvalue weighted by molar-refractivity contribution is 5.95. The van der Waals surface area contributed by atoms with Gasteiger partial charge in [0.05, 0.1) is 13.2 Å². The first-order valence-corrected chi connectivity index (χ1v) is 5.68. The van der Waals surface area contributed by atoms with Gasteiger partial charge in [0, 0.05) is 25.3 Å². The van der Waals surface area contributed by atoms with Crippen molar-refractivity contribution in [1.29, 1.82) is 0 Å². The van der Waals surface area contributed by atoms with Crippen LogP contribution in [0.1, 0.15) is 0 Å². The minimum Gasteiger partial charge on any atom is -0.497 e. The second-order valence-corrected chi connectivity index (χ2v) is 3.93. The average molecular weight is 235 g/mol. The van der Waals surface area contributed by atoms with Crippen molar-refractivity contribution < 1.29 is 9.53 Å². The second-order valence-electron chi connectivity index (χ2n) is 3.93. The molecule has 5 heteroatoms. The Morgan fingerprint density at radius 2 is 2.12 bits per heavy atom. The van der Waals surface area contributed by atoms with E-state index < -0.39 is 0 Å². The number of piperazine rings is 1. The third-order valence-corrected chi connectivity index (χ3v) is 2.72. The fraction of sp³-hybridized carbons (Fsp3) is 0.417. The van der Waals surface area contributed by atoms with Gasteiger partial charge in [-0.3, -0.25) is 4.79 Å². The molecule has 0 radical (unpaired) electrons. The third kappa shape index (κ3) is 3.18. The maximum absolute atomic E-state index is 11.9.